The number of nitrogens with one attached hydrogen (secondary N) is 1. The monoisotopic (exact) mass is 387 g/mol. The van der Waals surface area contributed by atoms with Gasteiger partial charge in [0.05, 0.1) is 5.52 Å². The predicted octanol–water partition coefficient (Wildman–Crippen LogP) is 5.72. The van der Waals surface area contributed by atoms with Crippen LogP contribution in [0.15, 0.2) is 54.6 Å². The van der Waals surface area contributed by atoms with Crippen molar-refractivity contribution in [2.24, 2.45) is 0 Å². The summed E-state index contributed by atoms with van der Waals surface area (Å²) in [5.41, 5.74) is 11.8. The molecule has 0 atom stereocenters. The van der Waals surface area contributed by atoms with Crippen LogP contribution in [-0.4, -0.2) is 10.9 Å². The molecule has 1 aromatic heterocycles. The van der Waals surface area contributed by atoms with Crippen molar-refractivity contribution < 1.29 is 4.79 Å². The van der Waals surface area contributed by atoms with E-state index in [0.29, 0.717) is 11.4 Å². The molecule has 3 N–H and O–H groups in total. The van der Waals surface area contributed by atoms with Gasteiger partial charge in [0.25, 0.3) is 0 Å². The summed E-state index contributed by atoms with van der Waals surface area (Å²) in [7, 11) is 0. The van der Waals surface area contributed by atoms with Crippen LogP contribution in [0.5, 0.6) is 0 Å². The van der Waals surface area contributed by atoms with Crippen molar-refractivity contribution in [1.29, 1.82) is 0 Å². The summed E-state index contributed by atoms with van der Waals surface area (Å²) in [4.78, 5) is 17.0. The SMILES string of the molecule is CCCc1cc(N)c2cc(NC(=O)/C=C/c3ccc(C(C)(C)C)cc3)ccc2n1. The number of nitrogens with two attached hydrogens (primary N) is 1. The fourth-order valence-electron chi connectivity index (χ4n) is 3.22. The number of hydrogen-bond donors (Lipinski definition) is 2. The Hall–Kier alpha value is -3.14. The van der Waals surface area contributed by atoms with Gasteiger partial charge >= 0.3 is 0 Å². The van der Waals surface area contributed by atoms with E-state index < -0.39 is 0 Å². The van der Waals surface area contributed by atoms with E-state index in [1.807, 2.05) is 42.5 Å². The zero-order chi connectivity index (χ0) is 21.0. The van der Waals surface area contributed by atoms with Crippen LogP contribution in [0.4, 0.5) is 11.4 Å². The molecule has 2 aromatic carbocycles. The van der Waals surface area contributed by atoms with Crippen LogP contribution in [0.2, 0.25) is 0 Å². The Morgan fingerprint density at radius 3 is 2.48 bits per heavy atom. The lowest BCUT2D eigenvalue weighted by Gasteiger charge is -2.18. The number of hydrogen-bond acceptors (Lipinski definition) is 3. The van der Waals surface area contributed by atoms with Crippen LogP contribution in [0, 0.1) is 0 Å². The number of benzene rings is 2. The molecule has 0 aliphatic heterocycles. The quantitative estimate of drug-likeness (QED) is 0.550. The number of aromatic nitrogens is 1. The molecular formula is C25H29N3O. The fourth-order valence-corrected chi connectivity index (χ4v) is 3.22. The molecule has 0 fully saturated rings. The number of pyridine rings is 1. The minimum Gasteiger partial charge on any atom is -0.398 e. The van der Waals surface area contributed by atoms with Gasteiger partial charge < -0.3 is 11.1 Å². The second-order valence-electron chi connectivity index (χ2n) is 8.38. The molecule has 0 aliphatic carbocycles. The predicted molar refractivity (Wildman–Crippen MR) is 123 cm³/mol. The highest BCUT2D eigenvalue weighted by Gasteiger charge is 2.12. The first kappa shape index (κ1) is 20.6. The lowest BCUT2D eigenvalue weighted by Crippen LogP contribution is -2.10. The Kier molecular flexibility index (Phi) is 6.02. The molecule has 0 bridgehead atoms. The van der Waals surface area contributed by atoms with Gasteiger partial charge in [0.1, 0.15) is 0 Å². The number of carbonyl (C=O) groups excluding carboxylic acids is 1. The highest BCUT2D eigenvalue weighted by Crippen LogP contribution is 2.25. The number of nitrogens with zero attached hydrogens (tertiary/aromatic N) is 1. The molecule has 1 amide bonds. The molecule has 0 radical (unpaired) electrons. The van der Waals surface area contributed by atoms with Gasteiger partial charge in [0.2, 0.25) is 5.91 Å². The minimum absolute atomic E-state index is 0.115. The Morgan fingerprint density at radius 1 is 1.10 bits per heavy atom. The molecule has 150 valence electrons. The number of aryl methyl sites for hydroxylation is 1. The van der Waals surface area contributed by atoms with Gasteiger partial charge in [0, 0.05) is 28.5 Å². The van der Waals surface area contributed by atoms with Crippen molar-refractivity contribution in [3.05, 3.63) is 71.4 Å². The molecule has 29 heavy (non-hydrogen) atoms. The van der Waals surface area contributed by atoms with Gasteiger partial charge in [-0.3, -0.25) is 9.78 Å². The number of nitrogen functional groups attached to an aromatic ring is 1. The first-order valence-corrected chi connectivity index (χ1v) is 10.0. The average molecular weight is 388 g/mol. The van der Waals surface area contributed by atoms with Crippen molar-refractivity contribution >= 4 is 34.3 Å². The molecule has 0 saturated heterocycles. The van der Waals surface area contributed by atoms with Gasteiger partial charge in [0.15, 0.2) is 0 Å². The van der Waals surface area contributed by atoms with Gasteiger partial charge in [-0.25, -0.2) is 0 Å². The Morgan fingerprint density at radius 2 is 1.83 bits per heavy atom. The van der Waals surface area contributed by atoms with E-state index in [9.17, 15) is 4.79 Å². The van der Waals surface area contributed by atoms with Crippen molar-refractivity contribution in [1.82, 2.24) is 4.98 Å². The van der Waals surface area contributed by atoms with Crippen molar-refractivity contribution in [3.63, 3.8) is 0 Å². The molecule has 3 aromatic rings. The Bertz CT molecular complexity index is 1040. The van der Waals surface area contributed by atoms with Crippen LogP contribution in [0.25, 0.3) is 17.0 Å². The van der Waals surface area contributed by atoms with Crippen molar-refractivity contribution in [3.8, 4) is 0 Å². The zero-order valence-corrected chi connectivity index (χ0v) is 17.6. The average Bonchev–Trinajstić information content (AvgIpc) is 2.67. The maximum Gasteiger partial charge on any atom is 0.248 e. The first-order chi connectivity index (χ1) is 13.8. The summed E-state index contributed by atoms with van der Waals surface area (Å²) in [5, 5.41) is 3.75. The summed E-state index contributed by atoms with van der Waals surface area (Å²) >= 11 is 0. The van der Waals surface area contributed by atoms with E-state index in [2.05, 4.69) is 50.1 Å². The number of fused-ring (bicyclic) bond motifs is 1. The second-order valence-corrected chi connectivity index (χ2v) is 8.38. The first-order valence-electron chi connectivity index (χ1n) is 10.0. The smallest absolute Gasteiger partial charge is 0.248 e. The molecule has 0 spiro atoms. The third-order valence-corrected chi connectivity index (χ3v) is 4.87. The highest BCUT2D eigenvalue weighted by molar-refractivity contribution is 6.03. The third-order valence-electron chi connectivity index (χ3n) is 4.87. The van der Waals surface area contributed by atoms with Crippen LogP contribution < -0.4 is 11.1 Å². The van der Waals surface area contributed by atoms with Gasteiger partial charge in [-0.15, -0.1) is 0 Å². The van der Waals surface area contributed by atoms with Crippen molar-refractivity contribution in [2.75, 3.05) is 11.1 Å². The third kappa shape index (κ3) is 5.23. The van der Waals surface area contributed by atoms with E-state index >= 15 is 0 Å². The minimum atomic E-state index is -0.182. The van der Waals surface area contributed by atoms with Crippen LogP contribution in [-0.2, 0) is 16.6 Å². The van der Waals surface area contributed by atoms with Crippen molar-refractivity contribution in [2.45, 2.75) is 46.0 Å². The van der Waals surface area contributed by atoms with Crippen LogP contribution >= 0.6 is 0 Å². The lowest BCUT2D eigenvalue weighted by molar-refractivity contribution is -0.111. The van der Waals surface area contributed by atoms with E-state index in [1.54, 1.807) is 6.08 Å². The molecule has 4 nitrogen and oxygen atoms in total. The van der Waals surface area contributed by atoms with E-state index in [0.717, 1.165) is 35.0 Å². The second kappa shape index (κ2) is 8.48. The normalized spacial score (nSPS) is 11.9. The summed E-state index contributed by atoms with van der Waals surface area (Å²) in [6.07, 6.45) is 5.29. The maximum absolute atomic E-state index is 12.3. The maximum atomic E-state index is 12.3. The number of amides is 1. The van der Waals surface area contributed by atoms with Gasteiger partial charge in [-0.2, -0.15) is 0 Å². The molecule has 1 heterocycles. The van der Waals surface area contributed by atoms with Crippen LogP contribution in [0.3, 0.4) is 0 Å². The molecule has 3 rings (SSSR count). The molecule has 0 unspecified atom stereocenters. The Labute approximate surface area is 172 Å². The van der Waals surface area contributed by atoms with E-state index in [-0.39, 0.29) is 11.3 Å². The summed E-state index contributed by atoms with van der Waals surface area (Å²) in [6, 6.07) is 15.8. The van der Waals surface area contributed by atoms with Crippen LogP contribution in [0.1, 0.15) is 50.9 Å². The summed E-state index contributed by atoms with van der Waals surface area (Å²) in [5.74, 6) is -0.182. The number of rotatable bonds is 5. The molecular weight excluding hydrogens is 358 g/mol. The Balaban J connectivity index is 1.71. The van der Waals surface area contributed by atoms with Gasteiger partial charge in [-0.05, 0) is 53.3 Å². The lowest BCUT2D eigenvalue weighted by atomic mass is 9.87. The summed E-state index contributed by atoms with van der Waals surface area (Å²) in [6.45, 7) is 8.67. The zero-order valence-electron chi connectivity index (χ0n) is 17.6. The van der Waals surface area contributed by atoms with Gasteiger partial charge in [-0.1, -0.05) is 58.4 Å². The molecule has 0 aliphatic rings. The largest absolute Gasteiger partial charge is 0.398 e. The highest BCUT2D eigenvalue weighted by atomic mass is 16.1. The van der Waals surface area contributed by atoms with E-state index in [4.69, 9.17) is 5.73 Å². The molecule has 4 heteroatoms. The fraction of sp³-hybridized carbons (Fsp3) is 0.280. The summed E-state index contributed by atoms with van der Waals surface area (Å²) < 4.78 is 0. The standard InChI is InChI=1S/C25H29N3O/c1-5-6-19-16-22(26)21-15-20(12-13-23(21)27-19)28-24(29)14-9-17-7-10-18(11-8-17)25(2,3)4/h7-16H,5-6H2,1-4H3,(H2,26,27)(H,28,29)/b14-9+. The topological polar surface area (TPSA) is 68.0 Å². The molecule has 0 saturated carbocycles. The van der Waals surface area contributed by atoms with E-state index in [1.165, 1.54) is 5.56 Å². The number of anilines is 2. The number of carbonyl (C=O) groups is 1.